The van der Waals surface area contributed by atoms with Crippen molar-refractivity contribution in [2.75, 3.05) is 27.7 Å². The molecule has 0 unspecified atom stereocenters. The van der Waals surface area contributed by atoms with Crippen molar-refractivity contribution < 1.29 is 22.4 Å². The SMILES string of the molecule is [C-]#[N+]c1ccc(-n2nccc2-c2c(C)n(-c3cccc(C(F)(F)F)c3)c(=O)n2C(=O)NC2CCCCC2)c(CC[N+](C)(C)C)c1. The fourth-order valence-corrected chi connectivity index (χ4v) is 5.89. The van der Waals surface area contributed by atoms with Gasteiger partial charge in [-0.15, -0.1) is 0 Å². The van der Waals surface area contributed by atoms with E-state index in [0.29, 0.717) is 28.0 Å². The molecule has 45 heavy (non-hydrogen) atoms. The van der Waals surface area contributed by atoms with E-state index in [1.165, 1.54) is 12.1 Å². The van der Waals surface area contributed by atoms with Crippen LogP contribution in [0, 0.1) is 13.5 Å². The van der Waals surface area contributed by atoms with Crippen molar-refractivity contribution in [3.05, 3.63) is 93.5 Å². The van der Waals surface area contributed by atoms with Crippen molar-refractivity contribution in [2.45, 2.75) is 57.7 Å². The smallest absolute Gasteiger partial charge is 0.335 e. The summed E-state index contributed by atoms with van der Waals surface area (Å²) in [7, 11) is 6.21. The Bertz CT molecular complexity index is 1810. The minimum Gasteiger partial charge on any atom is -0.335 e. The van der Waals surface area contributed by atoms with E-state index in [0.717, 1.165) is 65.5 Å². The molecule has 1 aliphatic carbocycles. The second-order valence-electron chi connectivity index (χ2n) is 12.5. The van der Waals surface area contributed by atoms with Gasteiger partial charge in [0.1, 0.15) is 5.69 Å². The summed E-state index contributed by atoms with van der Waals surface area (Å²) in [5, 5.41) is 7.56. The highest BCUT2D eigenvalue weighted by Gasteiger charge is 2.32. The van der Waals surface area contributed by atoms with Crippen LogP contribution in [0.15, 0.2) is 59.5 Å². The Morgan fingerprint density at radius 1 is 1.09 bits per heavy atom. The summed E-state index contributed by atoms with van der Waals surface area (Å²) < 4.78 is 45.5. The molecule has 2 aromatic heterocycles. The van der Waals surface area contributed by atoms with Crippen LogP contribution in [0.2, 0.25) is 0 Å². The lowest BCUT2D eigenvalue weighted by molar-refractivity contribution is -0.870. The lowest BCUT2D eigenvalue weighted by Crippen LogP contribution is -2.43. The van der Waals surface area contributed by atoms with Crippen molar-refractivity contribution in [1.82, 2.24) is 24.2 Å². The van der Waals surface area contributed by atoms with Gasteiger partial charge in [0.15, 0.2) is 5.69 Å². The minimum absolute atomic E-state index is 0.00565. The Kier molecular flexibility index (Phi) is 8.76. The zero-order chi connectivity index (χ0) is 32.5. The van der Waals surface area contributed by atoms with Crippen LogP contribution in [0.3, 0.4) is 0 Å². The van der Waals surface area contributed by atoms with Crippen LogP contribution in [0.5, 0.6) is 0 Å². The van der Waals surface area contributed by atoms with Gasteiger partial charge in [-0.2, -0.15) is 18.3 Å². The summed E-state index contributed by atoms with van der Waals surface area (Å²) in [6, 6.07) is 10.7. The van der Waals surface area contributed by atoms with Crippen LogP contribution in [0.4, 0.5) is 23.7 Å². The molecule has 2 heterocycles. The number of carbonyl (C=O) groups excluding carboxylic acids is 1. The van der Waals surface area contributed by atoms with Crippen molar-refractivity contribution in [1.29, 1.82) is 0 Å². The Labute approximate surface area is 259 Å². The normalized spacial score (nSPS) is 14.4. The highest BCUT2D eigenvalue weighted by Crippen LogP contribution is 2.33. The third-order valence-electron chi connectivity index (χ3n) is 8.21. The van der Waals surface area contributed by atoms with Crippen LogP contribution in [-0.4, -0.2) is 63.2 Å². The minimum atomic E-state index is -4.62. The second kappa shape index (κ2) is 12.4. The molecule has 0 atom stereocenters. The Morgan fingerprint density at radius 3 is 2.49 bits per heavy atom. The number of quaternary nitrogens is 1. The lowest BCUT2D eigenvalue weighted by Gasteiger charge is -2.24. The number of nitrogens with zero attached hydrogens (tertiary/aromatic N) is 6. The van der Waals surface area contributed by atoms with E-state index >= 15 is 0 Å². The van der Waals surface area contributed by atoms with Gasteiger partial charge in [0.05, 0.1) is 68.8 Å². The Morgan fingerprint density at radius 2 is 1.82 bits per heavy atom. The van der Waals surface area contributed by atoms with Crippen LogP contribution in [0.25, 0.3) is 27.6 Å². The number of amides is 1. The van der Waals surface area contributed by atoms with Gasteiger partial charge in [-0.1, -0.05) is 37.5 Å². The molecule has 1 N–H and O–H groups in total. The van der Waals surface area contributed by atoms with Crippen molar-refractivity contribution in [2.24, 2.45) is 0 Å². The monoisotopic (exact) mass is 620 g/mol. The summed E-state index contributed by atoms with van der Waals surface area (Å²) in [5.74, 6) is 0. The second-order valence-corrected chi connectivity index (χ2v) is 12.5. The molecule has 12 heteroatoms. The summed E-state index contributed by atoms with van der Waals surface area (Å²) in [6.07, 6.45) is 2.12. The number of aromatic nitrogens is 4. The fraction of sp³-hybridized carbons (Fsp3) is 0.394. The maximum Gasteiger partial charge on any atom is 0.416 e. The Balaban J connectivity index is 1.71. The fourth-order valence-electron chi connectivity index (χ4n) is 5.89. The molecule has 236 valence electrons. The largest absolute Gasteiger partial charge is 0.416 e. The first-order valence-corrected chi connectivity index (χ1v) is 15.0. The predicted molar refractivity (Wildman–Crippen MR) is 166 cm³/mol. The first-order chi connectivity index (χ1) is 21.3. The third-order valence-corrected chi connectivity index (χ3v) is 8.21. The molecule has 4 aromatic rings. The van der Waals surface area contributed by atoms with Crippen LogP contribution in [0.1, 0.15) is 48.9 Å². The average molecular weight is 621 g/mol. The third kappa shape index (κ3) is 6.73. The summed E-state index contributed by atoms with van der Waals surface area (Å²) in [5.41, 5.74) is 1.23. The van der Waals surface area contributed by atoms with Crippen LogP contribution < -0.4 is 11.0 Å². The van der Waals surface area contributed by atoms with E-state index < -0.39 is 23.5 Å². The zero-order valence-electron chi connectivity index (χ0n) is 25.9. The predicted octanol–water partition coefficient (Wildman–Crippen LogP) is 6.51. The number of carbonyl (C=O) groups is 1. The van der Waals surface area contributed by atoms with Gasteiger partial charge in [0.2, 0.25) is 0 Å². The molecule has 5 rings (SSSR count). The van der Waals surface area contributed by atoms with E-state index in [4.69, 9.17) is 6.57 Å². The van der Waals surface area contributed by atoms with Crippen molar-refractivity contribution in [3.63, 3.8) is 0 Å². The average Bonchev–Trinajstić information content (AvgIpc) is 3.57. The van der Waals surface area contributed by atoms with Gasteiger partial charge >= 0.3 is 17.9 Å². The lowest BCUT2D eigenvalue weighted by atomic mass is 9.96. The molecule has 0 bridgehead atoms. The number of halogens is 3. The standard InChI is InChI=1S/C33H36F3N7O2/c1-22-30(29-16-18-38-42(29)28-15-14-26(37-2)20-23(28)17-19-43(3,4)5)41(31(44)39-25-11-7-6-8-12-25)32(45)40(22)27-13-9-10-24(21-27)33(34,35)36/h9-10,13-16,18,20-21,25H,6-8,11-12,17,19H2,1,3-5H3/p+1. The highest BCUT2D eigenvalue weighted by molar-refractivity contribution is 5.83. The number of imidazole rings is 1. The summed E-state index contributed by atoms with van der Waals surface area (Å²) in [6.45, 7) is 9.91. The number of likely N-dealkylation sites (N-methyl/N-ethyl adjacent to an activating group) is 1. The highest BCUT2D eigenvalue weighted by atomic mass is 19.4. The van der Waals surface area contributed by atoms with E-state index in [1.807, 2.05) is 6.07 Å². The van der Waals surface area contributed by atoms with E-state index in [-0.39, 0.29) is 23.1 Å². The molecule has 2 aromatic carbocycles. The molecule has 0 radical (unpaired) electrons. The van der Waals surface area contributed by atoms with E-state index in [1.54, 1.807) is 36.0 Å². The van der Waals surface area contributed by atoms with Crippen molar-refractivity contribution in [3.8, 4) is 22.8 Å². The van der Waals surface area contributed by atoms with E-state index in [9.17, 15) is 22.8 Å². The zero-order valence-corrected chi connectivity index (χ0v) is 25.9. The maximum atomic E-state index is 14.1. The first-order valence-electron chi connectivity index (χ1n) is 15.0. The number of hydrogen-bond donors (Lipinski definition) is 1. The van der Waals surface area contributed by atoms with Gasteiger partial charge in [0, 0.05) is 12.5 Å². The van der Waals surface area contributed by atoms with Gasteiger partial charge in [-0.05, 0) is 55.7 Å². The number of hydrogen-bond acceptors (Lipinski definition) is 3. The van der Waals surface area contributed by atoms with Crippen LogP contribution in [-0.2, 0) is 12.6 Å². The molecular formula is C33H37F3N7O2+. The van der Waals surface area contributed by atoms with Gasteiger partial charge in [-0.3, -0.25) is 4.57 Å². The number of benzene rings is 2. The first kappa shape index (κ1) is 31.8. The number of alkyl halides is 3. The molecule has 0 aliphatic heterocycles. The quantitative estimate of drug-likeness (QED) is 0.189. The van der Waals surface area contributed by atoms with Gasteiger partial charge < -0.3 is 9.80 Å². The molecule has 0 saturated heterocycles. The van der Waals surface area contributed by atoms with Crippen LogP contribution >= 0.6 is 0 Å². The van der Waals surface area contributed by atoms with E-state index in [2.05, 4.69) is 36.4 Å². The maximum absolute atomic E-state index is 14.1. The number of rotatable bonds is 7. The molecule has 1 aliphatic rings. The van der Waals surface area contributed by atoms with Gasteiger partial charge in [-0.25, -0.2) is 23.7 Å². The Hall–Kier alpha value is -4.63. The summed E-state index contributed by atoms with van der Waals surface area (Å²) in [4.78, 5) is 31.5. The molecule has 1 fully saturated rings. The topological polar surface area (TPSA) is 78.2 Å². The van der Waals surface area contributed by atoms with Crippen molar-refractivity contribution >= 4 is 11.7 Å². The summed E-state index contributed by atoms with van der Waals surface area (Å²) >= 11 is 0. The molecule has 1 saturated carbocycles. The van der Waals surface area contributed by atoms with Gasteiger partial charge in [0.25, 0.3) is 0 Å². The number of nitrogens with one attached hydrogen (secondary N) is 1. The molecule has 1 amide bonds. The molecular weight excluding hydrogens is 583 g/mol. The molecule has 9 nitrogen and oxygen atoms in total. The molecule has 0 spiro atoms.